The molecule has 158 valence electrons. The third-order valence-corrected chi connectivity index (χ3v) is 4.82. The molecule has 0 spiro atoms. The minimum Gasteiger partial charge on any atom is -0.462 e. The van der Waals surface area contributed by atoms with Crippen LogP contribution >= 0.6 is 0 Å². The van der Waals surface area contributed by atoms with Gasteiger partial charge in [-0.2, -0.15) is 0 Å². The van der Waals surface area contributed by atoms with E-state index in [2.05, 4.69) is 13.8 Å². The summed E-state index contributed by atoms with van der Waals surface area (Å²) in [6, 6.07) is 6.50. The van der Waals surface area contributed by atoms with Gasteiger partial charge in [-0.05, 0) is 37.1 Å². The summed E-state index contributed by atoms with van der Waals surface area (Å²) in [5, 5.41) is 0. The summed E-state index contributed by atoms with van der Waals surface area (Å²) < 4.78 is 10.5. The van der Waals surface area contributed by atoms with Crippen molar-refractivity contribution >= 4 is 11.9 Å². The van der Waals surface area contributed by atoms with Crippen LogP contribution in [0.25, 0.3) is 0 Å². The van der Waals surface area contributed by atoms with E-state index in [4.69, 9.17) is 9.47 Å². The van der Waals surface area contributed by atoms with Crippen LogP contribution in [0.15, 0.2) is 24.3 Å². The molecule has 4 nitrogen and oxygen atoms in total. The third kappa shape index (κ3) is 11.1. The van der Waals surface area contributed by atoms with Crippen LogP contribution in [0.3, 0.4) is 0 Å². The smallest absolute Gasteiger partial charge is 0.338 e. The van der Waals surface area contributed by atoms with E-state index in [1.807, 2.05) is 0 Å². The van der Waals surface area contributed by atoms with Crippen molar-refractivity contribution in [3.63, 3.8) is 0 Å². The number of unbranched alkanes of at least 4 members (excludes halogenated alkanes) is 10. The number of rotatable bonds is 16. The molecule has 0 heterocycles. The minimum absolute atomic E-state index is 0.331. The highest BCUT2D eigenvalue weighted by Gasteiger charge is 2.10. The van der Waals surface area contributed by atoms with Gasteiger partial charge in [-0.25, -0.2) is 9.59 Å². The van der Waals surface area contributed by atoms with E-state index in [1.165, 1.54) is 44.9 Å². The van der Waals surface area contributed by atoms with Crippen molar-refractivity contribution in [3.05, 3.63) is 35.4 Å². The molecule has 0 aliphatic carbocycles. The lowest BCUT2D eigenvalue weighted by Crippen LogP contribution is -2.09. The molecule has 1 rings (SSSR count). The summed E-state index contributed by atoms with van der Waals surface area (Å²) in [6.45, 7) is 5.24. The van der Waals surface area contributed by atoms with Gasteiger partial charge in [0.25, 0.3) is 0 Å². The summed E-state index contributed by atoms with van der Waals surface area (Å²) in [5.41, 5.74) is 0.936. The van der Waals surface area contributed by atoms with Gasteiger partial charge in [0.2, 0.25) is 0 Å². The lowest BCUT2D eigenvalue weighted by molar-refractivity contribution is 0.0483. The molecular formula is C24H38O4. The van der Waals surface area contributed by atoms with Gasteiger partial charge in [-0.1, -0.05) is 78.1 Å². The van der Waals surface area contributed by atoms with E-state index in [-0.39, 0.29) is 11.9 Å². The first-order chi connectivity index (χ1) is 13.7. The Bertz CT molecular complexity index is 536. The molecule has 0 fully saturated rings. The molecule has 0 atom stereocenters. The van der Waals surface area contributed by atoms with E-state index in [1.54, 1.807) is 24.3 Å². The first-order valence-electron chi connectivity index (χ1n) is 11.1. The summed E-state index contributed by atoms with van der Waals surface area (Å²) in [5.74, 6) is -0.673. The molecule has 1 aromatic carbocycles. The third-order valence-electron chi connectivity index (χ3n) is 4.82. The van der Waals surface area contributed by atoms with Crippen molar-refractivity contribution in [2.75, 3.05) is 13.2 Å². The maximum atomic E-state index is 12.1. The second kappa shape index (κ2) is 16.1. The Kier molecular flexibility index (Phi) is 14.0. The van der Waals surface area contributed by atoms with Crippen LogP contribution in [-0.2, 0) is 9.47 Å². The molecule has 0 saturated heterocycles. The van der Waals surface area contributed by atoms with Gasteiger partial charge in [0, 0.05) is 0 Å². The van der Waals surface area contributed by atoms with Crippen molar-refractivity contribution in [1.29, 1.82) is 0 Å². The highest BCUT2D eigenvalue weighted by atomic mass is 16.5. The monoisotopic (exact) mass is 390 g/mol. The summed E-state index contributed by atoms with van der Waals surface area (Å²) >= 11 is 0. The largest absolute Gasteiger partial charge is 0.462 e. The van der Waals surface area contributed by atoms with Crippen LogP contribution in [0, 0.1) is 0 Å². The van der Waals surface area contributed by atoms with Crippen LogP contribution in [0.5, 0.6) is 0 Å². The SMILES string of the molecule is CCCCCCCCCCCOC(=O)c1ccc(C(=O)OCCCCC)cc1. The Morgan fingerprint density at radius 2 is 0.893 bits per heavy atom. The van der Waals surface area contributed by atoms with Gasteiger partial charge >= 0.3 is 11.9 Å². The number of carbonyl (C=O) groups excluding carboxylic acids is 2. The van der Waals surface area contributed by atoms with E-state index in [0.29, 0.717) is 24.3 Å². The first-order valence-corrected chi connectivity index (χ1v) is 11.1. The average Bonchev–Trinajstić information content (AvgIpc) is 2.72. The van der Waals surface area contributed by atoms with E-state index in [0.717, 1.165) is 32.1 Å². The molecule has 0 bridgehead atoms. The Hall–Kier alpha value is -1.84. The van der Waals surface area contributed by atoms with Crippen molar-refractivity contribution in [3.8, 4) is 0 Å². The second-order valence-corrected chi connectivity index (χ2v) is 7.38. The molecule has 1 aromatic rings. The fraction of sp³-hybridized carbons (Fsp3) is 0.667. The zero-order valence-electron chi connectivity index (χ0n) is 17.8. The molecule has 0 unspecified atom stereocenters. The molecule has 0 aliphatic heterocycles. The van der Waals surface area contributed by atoms with Crippen LogP contribution in [0.2, 0.25) is 0 Å². The van der Waals surface area contributed by atoms with Crippen molar-refractivity contribution in [2.45, 2.75) is 90.9 Å². The molecule has 0 amide bonds. The quantitative estimate of drug-likeness (QED) is 0.232. The lowest BCUT2D eigenvalue weighted by atomic mass is 10.1. The van der Waals surface area contributed by atoms with Crippen LogP contribution in [-0.4, -0.2) is 25.2 Å². The Labute approximate surface area is 171 Å². The summed E-state index contributed by atoms with van der Waals surface area (Å²) in [6.07, 6.45) is 14.1. The Balaban J connectivity index is 2.15. The maximum absolute atomic E-state index is 12.1. The molecule has 0 saturated carbocycles. The van der Waals surface area contributed by atoms with Crippen molar-refractivity contribution in [1.82, 2.24) is 0 Å². The first kappa shape index (κ1) is 24.2. The standard InChI is InChI=1S/C24H38O4/c1-3-5-7-8-9-10-11-12-14-20-28-24(26)22-17-15-21(16-18-22)23(25)27-19-13-6-4-2/h15-18H,3-14,19-20H2,1-2H3. The normalized spacial score (nSPS) is 10.6. The number of ether oxygens (including phenoxy) is 2. The predicted octanol–water partition coefficient (Wildman–Crippen LogP) is 6.72. The maximum Gasteiger partial charge on any atom is 0.338 e. The summed E-state index contributed by atoms with van der Waals surface area (Å²) in [4.78, 5) is 24.0. The zero-order chi connectivity index (χ0) is 20.5. The highest BCUT2D eigenvalue weighted by molar-refractivity contribution is 5.93. The molecule has 0 aromatic heterocycles. The fourth-order valence-corrected chi connectivity index (χ4v) is 3.00. The number of hydrogen-bond acceptors (Lipinski definition) is 4. The predicted molar refractivity (Wildman–Crippen MR) is 114 cm³/mol. The molecule has 4 heteroatoms. The lowest BCUT2D eigenvalue weighted by Gasteiger charge is -2.07. The number of benzene rings is 1. The van der Waals surface area contributed by atoms with Crippen LogP contribution in [0.1, 0.15) is 112 Å². The van der Waals surface area contributed by atoms with E-state index < -0.39 is 0 Å². The molecular weight excluding hydrogens is 352 g/mol. The molecule has 28 heavy (non-hydrogen) atoms. The highest BCUT2D eigenvalue weighted by Crippen LogP contribution is 2.11. The fourth-order valence-electron chi connectivity index (χ4n) is 3.00. The molecule has 0 aliphatic rings. The Morgan fingerprint density at radius 3 is 1.32 bits per heavy atom. The van der Waals surface area contributed by atoms with E-state index >= 15 is 0 Å². The average molecular weight is 391 g/mol. The van der Waals surface area contributed by atoms with Gasteiger partial charge in [0.05, 0.1) is 24.3 Å². The summed E-state index contributed by atoms with van der Waals surface area (Å²) in [7, 11) is 0. The van der Waals surface area contributed by atoms with Crippen LogP contribution in [0.4, 0.5) is 0 Å². The van der Waals surface area contributed by atoms with E-state index in [9.17, 15) is 9.59 Å². The zero-order valence-corrected chi connectivity index (χ0v) is 17.8. The van der Waals surface area contributed by atoms with Crippen molar-refractivity contribution in [2.24, 2.45) is 0 Å². The number of hydrogen-bond donors (Lipinski definition) is 0. The van der Waals surface area contributed by atoms with Gasteiger partial charge in [-0.3, -0.25) is 0 Å². The molecule has 0 N–H and O–H groups in total. The van der Waals surface area contributed by atoms with Gasteiger partial charge < -0.3 is 9.47 Å². The topological polar surface area (TPSA) is 52.6 Å². The van der Waals surface area contributed by atoms with Crippen LogP contribution < -0.4 is 0 Å². The number of esters is 2. The van der Waals surface area contributed by atoms with Gasteiger partial charge in [0.15, 0.2) is 0 Å². The van der Waals surface area contributed by atoms with Gasteiger partial charge in [-0.15, -0.1) is 0 Å². The van der Waals surface area contributed by atoms with Gasteiger partial charge in [0.1, 0.15) is 0 Å². The molecule has 0 radical (unpaired) electrons. The second-order valence-electron chi connectivity index (χ2n) is 7.38. The Morgan fingerprint density at radius 1 is 0.571 bits per heavy atom. The minimum atomic E-state index is -0.342. The van der Waals surface area contributed by atoms with Crippen molar-refractivity contribution < 1.29 is 19.1 Å². The number of carbonyl (C=O) groups is 2.